The molecule has 0 spiro atoms. The highest BCUT2D eigenvalue weighted by Gasteiger charge is 2.15. The molecule has 2 aromatic carbocycles. The van der Waals surface area contributed by atoms with Crippen molar-refractivity contribution in [2.75, 3.05) is 0 Å². The van der Waals surface area contributed by atoms with E-state index in [9.17, 15) is 4.79 Å². The molecule has 0 aliphatic carbocycles. The normalized spacial score (nSPS) is 11.7. The van der Waals surface area contributed by atoms with Crippen LogP contribution in [0.15, 0.2) is 24.3 Å². The number of ketones is 1. The third-order valence-electron chi connectivity index (χ3n) is 4.35. The zero-order valence-electron chi connectivity index (χ0n) is 15.3. The van der Waals surface area contributed by atoms with E-state index in [4.69, 9.17) is 0 Å². The van der Waals surface area contributed by atoms with Gasteiger partial charge in [-0.1, -0.05) is 35.4 Å². The van der Waals surface area contributed by atoms with Crippen molar-refractivity contribution in [1.82, 2.24) is 0 Å². The fourth-order valence-corrected chi connectivity index (χ4v) is 3.52. The molecule has 0 fully saturated rings. The SMILES string of the molecule is CC(=O)C(=Cc1c(C)cc(C)cc1C)c1c(C)cc(C)cc1C. The van der Waals surface area contributed by atoms with E-state index in [0.717, 1.165) is 27.8 Å². The molecule has 2 rings (SSSR count). The lowest BCUT2D eigenvalue weighted by atomic mass is 9.89. The summed E-state index contributed by atoms with van der Waals surface area (Å²) in [4.78, 5) is 12.4. The molecular formula is C22H26O. The first-order valence-electron chi connectivity index (χ1n) is 8.09. The highest BCUT2D eigenvalue weighted by Crippen LogP contribution is 2.29. The quantitative estimate of drug-likeness (QED) is 0.527. The number of rotatable bonds is 3. The summed E-state index contributed by atoms with van der Waals surface area (Å²) >= 11 is 0. The summed E-state index contributed by atoms with van der Waals surface area (Å²) in [5.74, 6) is 0.111. The van der Waals surface area contributed by atoms with Crippen LogP contribution < -0.4 is 0 Å². The molecule has 0 saturated carbocycles. The molecular weight excluding hydrogens is 280 g/mol. The molecule has 120 valence electrons. The van der Waals surface area contributed by atoms with Gasteiger partial charge in [0.15, 0.2) is 5.78 Å². The van der Waals surface area contributed by atoms with E-state index in [-0.39, 0.29) is 5.78 Å². The lowest BCUT2D eigenvalue weighted by molar-refractivity contribution is -0.111. The monoisotopic (exact) mass is 306 g/mol. The summed E-state index contributed by atoms with van der Waals surface area (Å²) in [6.07, 6.45) is 2.07. The number of hydrogen-bond donors (Lipinski definition) is 0. The molecule has 0 unspecified atom stereocenters. The first kappa shape index (κ1) is 17.2. The van der Waals surface area contributed by atoms with Gasteiger partial charge in [-0.05, 0) is 87.9 Å². The molecule has 0 atom stereocenters. The van der Waals surface area contributed by atoms with Crippen molar-refractivity contribution in [2.45, 2.75) is 48.5 Å². The van der Waals surface area contributed by atoms with Gasteiger partial charge >= 0.3 is 0 Å². The van der Waals surface area contributed by atoms with Crippen molar-refractivity contribution in [3.05, 3.63) is 68.8 Å². The number of carbonyl (C=O) groups is 1. The maximum atomic E-state index is 12.4. The van der Waals surface area contributed by atoms with Gasteiger partial charge in [-0.25, -0.2) is 0 Å². The van der Waals surface area contributed by atoms with Gasteiger partial charge in [0.25, 0.3) is 0 Å². The smallest absolute Gasteiger partial charge is 0.160 e. The molecule has 0 saturated heterocycles. The predicted octanol–water partition coefficient (Wildman–Crippen LogP) is 5.67. The van der Waals surface area contributed by atoms with Crippen molar-refractivity contribution < 1.29 is 4.79 Å². The minimum absolute atomic E-state index is 0.111. The van der Waals surface area contributed by atoms with E-state index in [2.05, 4.69) is 71.9 Å². The molecule has 0 amide bonds. The van der Waals surface area contributed by atoms with Crippen LogP contribution in [0.1, 0.15) is 51.4 Å². The van der Waals surface area contributed by atoms with E-state index >= 15 is 0 Å². The van der Waals surface area contributed by atoms with Gasteiger partial charge in [0, 0.05) is 5.57 Å². The number of allylic oxidation sites excluding steroid dienone is 1. The standard InChI is InChI=1S/C22H26O/c1-13-8-15(3)20(16(4)9-13)12-21(19(7)23)22-17(5)10-14(2)11-18(22)6/h8-12H,1-7H3. The number of aryl methyl sites for hydroxylation is 6. The number of Topliss-reactive ketones (excluding diaryl/α,β-unsaturated/α-hetero) is 1. The third-order valence-corrected chi connectivity index (χ3v) is 4.35. The van der Waals surface area contributed by atoms with Crippen LogP contribution in [0.2, 0.25) is 0 Å². The Morgan fingerprint density at radius 1 is 0.739 bits per heavy atom. The van der Waals surface area contributed by atoms with Gasteiger partial charge < -0.3 is 0 Å². The minimum atomic E-state index is 0.111. The number of benzene rings is 2. The highest BCUT2D eigenvalue weighted by atomic mass is 16.1. The lowest BCUT2D eigenvalue weighted by Crippen LogP contribution is -2.03. The molecule has 0 bridgehead atoms. The summed E-state index contributed by atoms with van der Waals surface area (Å²) in [5.41, 5.74) is 10.3. The van der Waals surface area contributed by atoms with E-state index in [1.165, 1.54) is 22.3 Å². The average Bonchev–Trinajstić information content (AvgIpc) is 2.38. The van der Waals surface area contributed by atoms with Crippen molar-refractivity contribution >= 4 is 17.4 Å². The van der Waals surface area contributed by atoms with E-state index in [1.54, 1.807) is 6.92 Å². The van der Waals surface area contributed by atoms with Gasteiger partial charge in [-0.3, -0.25) is 4.79 Å². The van der Waals surface area contributed by atoms with Gasteiger partial charge in [-0.2, -0.15) is 0 Å². The summed E-state index contributed by atoms with van der Waals surface area (Å²) in [7, 11) is 0. The van der Waals surface area contributed by atoms with Crippen LogP contribution in [0.5, 0.6) is 0 Å². The zero-order chi connectivity index (χ0) is 17.3. The average molecular weight is 306 g/mol. The van der Waals surface area contributed by atoms with Crippen LogP contribution in [0.25, 0.3) is 11.6 Å². The fourth-order valence-electron chi connectivity index (χ4n) is 3.52. The van der Waals surface area contributed by atoms with Crippen LogP contribution in [0.4, 0.5) is 0 Å². The Bertz CT molecular complexity index is 761. The molecule has 1 nitrogen and oxygen atoms in total. The van der Waals surface area contributed by atoms with Crippen LogP contribution in [0, 0.1) is 41.5 Å². The van der Waals surface area contributed by atoms with Crippen molar-refractivity contribution in [1.29, 1.82) is 0 Å². The highest BCUT2D eigenvalue weighted by molar-refractivity contribution is 6.25. The van der Waals surface area contributed by atoms with E-state index in [1.807, 2.05) is 0 Å². The Hall–Kier alpha value is -2.15. The lowest BCUT2D eigenvalue weighted by Gasteiger charge is -2.15. The number of hydrogen-bond acceptors (Lipinski definition) is 1. The Labute approximate surface area is 140 Å². The van der Waals surface area contributed by atoms with Crippen LogP contribution in [0.3, 0.4) is 0 Å². The second kappa shape index (κ2) is 6.54. The Morgan fingerprint density at radius 2 is 1.13 bits per heavy atom. The predicted molar refractivity (Wildman–Crippen MR) is 99.9 cm³/mol. The molecule has 0 radical (unpaired) electrons. The zero-order valence-corrected chi connectivity index (χ0v) is 15.3. The maximum absolute atomic E-state index is 12.4. The molecule has 23 heavy (non-hydrogen) atoms. The van der Waals surface area contributed by atoms with E-state index in [0.29, 0.717) is 0 Å². The molecule has 0 aliphatic rings. The first-order valence-corrected chi connectivity index (χ1v) is 8.09. The first-order chi connectivity index (χ1) is 10.7. The molecule has 0 aromatic heterocycles. The van der Waals surface area contributed by atoms with Gasteiger partial charge in [-0.15, -0.1) is 0 Å². The summed E-state index contributed by atoms with van der Waals surface area (Å²) in [6, 6.07) is 8.64. The minimum Gasteiger partial charge on any atom is -0.294 e. The van der Waals surface area contributed by atoms with Crippen molar-refractivity contribution in [3.8, 4) is 0 Å². The topological polar surface area (TPSA) is 17.1 Å². The Balaban J connectivity index is 2.73. The summed E-state index contributed by atoms with van der Waals surface area (Å²) in [6.45, 7) is 14.2. The van der Waals surface area contributed by atoms with Crippen molar-refractivity contribution in [3.63, 3.8) is 0 Å². The van der Waals surface area contributed by atoms with Crippen LogP contribution in [-0.2, 0) is 4.79 Å². The van der Waals surface area contributed by atoms with Gasteiger partial charge in [0.05, 0.1) is 0 Å². The summed E-state index contributed by atoms with van der Waals surface area (Å²) < 4.78 is 0. The van der Waals surface area contributed by atoms with Gasteiger partial charge in [0.2, 0.25) is 0 Å². The molecule has 2 aromatic rings. The van der Waals surface area contributed by atoms with Gasteiger partial charge in [0.1, 0.15) is 0 Å². The maximum Gasteiger partial charge on any atom is 0.160 e. The summed E-state index contributed by atoms with van der Waals surface area (Å²) in [5, 5.41) is 0. The number of carbonyl (C=O) groups excluding carboxylic acids is 1. The van der Waals surface area contributed by atoms with Crippen LogP contribution >= 0.6 is 0 Å². The van der Waals surface area contributed by atoms with Crippen LogP contribution in [-0.4, -0.2) is 5.78 Å². The third kappa shape index (κ3) is 3.61. The largest absolute Gasteiger partial charge is 0.294 e. The Morgan fingerprint density at radius 3 is 1.52 bits per heavy atom. The second-order valence-electron chi connectivity index (χ2n) is 6.70. The van der Waals surface area contributed by atoms with Crippen molar-refractivity contribution in [2.24, 2.45) is 0 Å². The molecule has 0 aliphatic heterocycles. The molecule has 1 heteroatoms. The molecule has 0 N–H and O–H groups in total. The fraction of sp³-hybridized carbons (Fsp3) is 0.318. The second-order valence-corrected chi connectivity index (χ2v) is 6.70. The van der Waals surface area contributed by atoms with E-state index < -0.39 is 0 Å². The molecule has 0 heterocycles. The Kier molecular flexibility index (Phi) is 4.89.